The molecule has 0 amide bonds. The van der Waals surface area contributed by atoms with E-state index >= 15 is 0 Å². The summed E-state index contributed by atoms with van der Waals surface area (Å²) in [6.45, 7) is 6.06. The van der Waals surface area contributed by atoms with Gasteiger partial charge < -0.3 is 0 Å². The van der Waals surface area contributed by atoms with Crippen LogP contribution in [-0.2, 0) is 0 Å². The minimum absolute atomic E-state index is 0.159. The van der Waals surface area contributed by atoms with Gasteiger partial charge in [-0.05, 0) is 51.9 Å². The third-order valence-corrected chi connectivity index (χ3v) is 4.02. The van der Waals surface area contributed by atoms with Crippen molar-refractivity contribution in [1.29, 1.82) is 0 Å². The second-order valence-corrected chi connectivity index (χ2v) is 5.88. The molecule has 0 atom stereocenters. The number of likely N-dealkylation sites (tertiary alicyclic amines) is 1. The maximum absolute atomic E-state index is 12.6. The summed E-state index contributed by atoms with van der Waals surface area (Å²) >= 11 is 5.96. The Morgan fingerprint density at radius 3 is 2.50 bits per heavy atom. The monoisotopic (exact) mass is 265 g/mol. The van der Waals surface area contributed by atoms with E-state index < -0.39 is 5.54 Å². The molecular formula is C15H20ClNO. The molecule has 0 radical (unpaired) electrons. The van der Waals surface area contributed by atoms with Crippen molar-refractivity contribution in [1.82, 2.24) is 4.90 Å². The number of ketones is 1. The van der Waals surface area contributed by atoms with E-state index in [1.54, 1.807) is 12.1 Å². The molecule has 0 unspecified atom stereocenters. The Hall–Kier alpha value is -0.860. The predicted octanol–water partition coefficient (Wildman–Crippen LogP) is 3.79. The molecule has 1 aromatic rings. The summed E-state index contributed by atoms with van der Waals surface area (Å²) in [6, 6.07) is 7.24. The summed E-state index contributed by atoms with van der Waals surface area (Å²) in [7, 11) is 0. The molecule has 1 aliphatic heterocycles. The van der Waals surface area contributed by atoms with Gasteiger partial charge in [-0.15, -0.1) is 0 Å². The topological polar surface area (TPSA) is 20.3 Å². The molecular weight excluding hydrogens is 246 g/mol. The van der Waals surface area contributed by atoms with Crippen LogP contribution in [0.3, 0.4) is 0 Å². The van der Waals surface area contributed by atoms with E-state index in [0.29, 0.717) is 10.6 Å². The number of carbonyl (C=O) groups excluding carboxylic acids is 1. The predicted molar refractivity (Wildman–Crippen MR) is 75.3 cm³/mol. The number of benzene rings is 1. The lowest BCUT2D eigenvalue weighted by Crippen LogP contribution is -2.52. The summed E-state index contributed by atoms with van der Waals surface area (Å²) in [5.41, 5.74) is 0.267. The molecule has 0 N–H and O–H groups in total. The van der Waals surface area contributed by atoms with Crippen molar-refractivity contribution < 1.29 is 4.79 Å². The number of Topliss-reactive ketones (excluding diaryl/α,β-unsaturated/α-hetero) is 1. The van der Waals surface area contributed by atoms with E-state index in [-0.39, 0.29) is 5.78 Å². The molecule has 18 heavy (non-hydrogen) atoms. The van der Waals surface area contributed by atoms with Crippen LogP contribution in [0, 0.1) is 0 Å². The van der Waals surface area contributed by atoms with Crippen molar-refractivity contribution in [3.05, 3.63) is 34.9 Å². The number of piperidine rings is 1. The second kappa shape index (κ2) is 5.41. The van der Waals surface area contributed by atoms with E-state index in [9.17, 15) is 4.79 Å². The standard InChI is InChI=1S/C15H20ClNO/c1-15(2,17-9-4-3-5-10-17)14(18)12-7-6-8-13(16)11-12/h6-8,11H,3-5,9-10H2,1-2H3. The third-order valence-electron chi connectivity index (χ3n) is 3.79. The SMILES string of the molecule is CC(C)(C(=O)c1cccc(Cl)c1)N1CCCCC1. The highest BCUT2D eigenvalue weighted by Crippen LogP contribution is 2.25. The van der Waals surface area contributed by atoms with Crippen LogP contribution >= 0.6 is 11.6 Å². The first-order chi connectivity index (χ1) is 8.51. The zero-order chi connectivity index (χ0) is 13.2. The van der Waals surface area contributed by atoms with E-state index in [2.05, 4.69) is 4.90 Å². The number of halogens is 1. The van der Waals surface area contributed by atoms with Crippen LogP contribution in [0.15, 0.2) is 24.3 Å². The Bertz CT molecular complexity index is 436. The van der Waals surface area contributed by atoms with Crippen LogP contribution < -0.4 is 0 Å². The number of nitrogens with zero attached hydrogens (tertiary/aromatic N) is 1. The average Bonchev–Trinajstić information content (AvgIpc) is 2.39. The summed E-state index contributed by atoms with van der Waals surface area (Å²) in [5, 5.41) is 0.621. The van der Waals surface area contributed by atoms with Gasteiger partial charge >= 0.3 is 0 Å². The fourth-order valence-electron chi connectivity index (χ4n) is 2.58. The van der Waals surface area contributed by atoms with Crippen LogP contribution in [0.1, 0.15) is 43.5 Å². The number of rotatable bonds is 3. The third kappa shape index (κ3) is 2.76. The molecule has 1 fully saturated rings. The highest BCUT2D eigenvalue weighted by molar-refractivity contribution is 6.31. The molecule has 1 heterocycles. The molecule has 0 spiro atoms. The normalized spacial score (nSPS) is 17.7. The van der Waals surface area contributed by atoms with Gasteiger partial charge in [0.2, 0.25) is 0 Å². The van der Waals surface area contributed by atoms with Crippen molar-refractivity contribution >= 4 is 17.4 Å². The van der Waals surface area contributed by atoms with Crippen molar-refractivity contribution in [2.45, 2.75) is 38.6 Å². The Kier molecular flexibility index (Phi) is 4.08. The Morgan fingerprint density at radius 2 is 1.89 bits per heavy atom. The summed E-state index contributed by atoms with van der Waals surface area (Å²) in [5.74, 6) is 0.159. The Morgan fingerprint density at radius 1 is 1.22 bits per heavy atom. The minimum Gasteiger partial charge on any atom is -0.292 e. The van der Waals surface area contributed by atoms with Gasteiger partial charge in [-0.25, -0.2) is 0 Å². The molecule has 3 heteroatoms. The highest BCUT2D eigenvalue weighted by atomic mass is 35.5. The van der Waals surface area contributed by atoms with Gasteiger partial charge in [-0.3, -0.25) is 9.69 Å². The Balaban J connectivity index is 2.20. The zero-order valence-corrected chi connectivity index (χ0v) is 11.8. The maximum Gasteiger partial charge on any atom is 0.182 e. The number of hydrogen-bond acceptors (Lipinski definition) is 2. The van der Waals surface area contributed by atoms with E-state index in [1.807, 2.05) is 26.0 Å². The highest BCUT2D eigenvalue weighted by Gasteiger charge is 2.35. The number of carbonyl (C=O) groups is 1. The van der Waals surface area contributed by atoms with Gasteiger partial charge in [0.25, 0.3) is 0 Å². The molecule has 0 aliphatic carbocycles. The molecule has 0 aromatic heterocycles. The molecule has 1 saturated heterocycles. The van der Waals surface area contributed by atoms with Gasteiger partial charge in [-0.1, -0.05) is 30.2 Å². The molecule has 1 aromatic carbocycles. The lowest BCUT2D eigenvalue weighted by Gasteiger charge is -2.39. The second-order valence-electron chi connectivity index (χ2n) is 5.45. The average molecular weight is 266 g/mol. The van der Waals surface area contributed by atoms with Crippen LogP contribution in [-0.4, -0.2) is 29.3 Å². The van der Waals surface area contributed by atoms with Gasteiger partial charge in [-0.2, -0.15) is 0 Å². The quantitative estimate of drug-likeness (QED) is 0.775. The van der Waals surface area contributed by atoms with E-state index in [1.165, 1.54) is 19.3 Å². The first-order valence-electron chi connectivity index (χ1n) is 6.57. The smallest absolute Gasteiger partial charge is 0.182 e. The van der Waals surface area contributed by atoms with Gasteiger partial charge in [0.15, 0.2) is 5.78 Å². The lowest BCUT2D eigenvalue weighted by atomic mass is 9.89. The van der Waals surface area contributed by atoms with E-state index in [0.717, 1.165) is 13.1 Å². The summed E-state index contributed by atoms with van der Waals surface area (Å²) in [6.07, 6.45) is 3.65. The van der Waals surface area contributed by atoms with Crippen LogP contribution in [0.25, 0.3) is 0 Å². The van der Waals surface area contributed by atoms with Gasteiger partial charge in [0.05, 0.1) is 5.54 Å². The van der Waals surface area contributed by atoms with Gasteiger partial charge in [0, 0.05) is 10.6 Å². The fraction of sp³-hybridized carbons (Fsp3) is 0.533. The van der Waals surface area contributed by atoms with Crippen molar-refractivity contribution in [2.75, 3.05) is 13.1 Å². The lowest BCUT2D eigenvalue weighted by molar-refractivity contribution is 0.0579. The van der Waals surface area contributed by atoms with Gasteiger partial charge in [0.1, 0.15) is 0 Å². The van der Waals surface area contributed by atoms with Crippen molar-refractivity contribution in [2.24, 2.45) is 0 Å². The van der Waals surface area contributed by atoms with Crippen LogP contribution in [0.4, 0.5) is 0 Å². The molecule has 0 saturated carbocycles. The summed E-state index contributed by atoms with van der Waals surface area (Å²) < 4.78 is 0. The molecule has 2 nitrogen and oxygen atoms in total. The molecule has 98 valence electrons. The first-order valence-corrected chi connectivity index (χ1v) is 6.95. The largest absolute Gasteiger partial charge is 0.292 e. The zero-order valence-electron chi connectivity index (χ0n) is 11.1. The van der Waals surface area contributed by atoms with Crippen molar-refractivity contribution in [3.8, 4) is 0 Å². The first kappa shape index (κ1) is 13.6. The van der Waals surface area contributed by atoms with Crippen LogP contribution in [0.2, 0.25) is 5.02 Å². The minimum atomic E-state index is -0.439. The maximum atomic E-state index is 12.6. The summed E-state index contributed by atoms with van der Waals surface area (Å²) in [4.78, 5) is 14.9. The molecule has 2 rings (SSSR count). The Labute approximate surface area is 114 Å². The van der Waals surface area contributed by atoms with Crippen LogP contribution in [0.5, 0.6) is 0 Å². The number of hydrogen-bond donors (Lipinski definition) is 0. The molecule has 1 aliphatic rings. The van der Waals surface area contributed by atoms with Crippen molar-refractivity contribution in [3.63, 3.8) is 0 Å². The van der Waals surface area contributed by atoms with E-state index in [4.69, 9.17) is 11.6 Å². The molecule has 0 bridgehead atoms. The fourth-order valence-corrected chi connectivity index (χ4v) is 2.77.